The summed E-state index contributed by atoms with van der Waals surface area (Å²) in [5.41, 5.74) is 2.16. The highest BCUT2D eigenvalue weighted by Crippen LogP contribution is 2.23. The Labute approximate surface area is 135 Å². The molecule has 1 aromatic carbocycles. The average molecular weight is 314 g/mol. The van der Waals surface area contributed by atoms with Crippen LogP contribution in [0.3, 0.4) is 0 Å². The number of fused-ring (bicyclic) bond motifs is 1. The summed E-state index contributed by atoms with van der Waals surface area (Å²) < 4.78 is 2.15. The SMILES string of the molecule is CCn1cc(CC(=O)N2CCCC(C(=O)O)C2)c2ccccc21. The van der Waals surface area contributed by atoms with Gasteiger partial charge < -0.3 is 14.6 Å². The summed E-state index contributed by atoms with van der Waals surface area (Å²) in [5.74, 6) is -1.20. The van der Waals surface area contributed by atoms with Gasteiger partial charge >= 0.3 is 5.97 Å². The fourth-order valence-electron chi connectivity index (χ4n) is 3.41. The van der Waals surface area contributed by atoms with Crippen LogP contribution in [0.2, 0.25) is 0 Å². The van der Waals surface area contributed by atoms with Gasteiger partial charge in [-0.2, -0.15) is 0 Å². The van der Waals surface area contributed by atoms with Crippen molar-refractivity contribution in [3.63, 3.8) is 0 Å². The second-order valence-corrected chi connectivity index (χ2v) is 6.15. The molecule has 0 bridgehead atoms. The molecular formula is C18H22N2O3. The zero-order chi connectivity index (χ0) is 16.4. The average Bonchev–Trinajstić information content (AvgIpc) is 2.93. The third-order valence-corrected chi connectivity index (χ3v) is 4.68. The zero-order valence-electron chi connectivity index (χ0n) is 13.4. The van der Waals surface area contributed by atoms with Gasteiger partial charge in [0.15, 0.2) is 0 Å². The van der Waals surface area contributed by atoms with Crippen LogP contribution in [0.1, 0.15) is 25.3 Å². The molecule has 122 valence electrons. The quantitative estimate of drug-likeness (QED) is 0.943. The smallest absolute Gasteiger partial charge is 0.308 e. The van der Waals surface area contributed by atoms with E-state index in [9.17, 15) is 9.59 Å². The monoisotopic (exact) mass is 314 g/mol. The summed E-state index contributed by atoms with van der Waals surface area (Å²) in [6.07, 6.45) is 3.80. The number of carboxylic acids is 1. The minimum atomic E-state index is -0.801. The molecule has 1 amide bonds. The van der Waals surface area contributed by atoms with E-state index in [2.05, 4.69) is 17.6 Å². The molecule has 1 aliphatic heterocycles. The summed E-state index contributed by atoms with van der Waals surface area (Å²) in [5, 5.41) is 10.3. The van der Waals surface area contributed by atoms with Gasteiger partial charge in [-0.1, -0.05) is 18.2 Å². The van der Waals surface area contributed by atoms with E-state index in [0.717, 1.165) is 29.4 Å². The van der Waals surface area contributed by atoms with E-state index in [0.29, 0.717) is 25.9 Å². The van der Waals surface area contributed by atoms with E-state index >= 15 is 0 Å². The van der Waals surface area contributed by atoms with E-state index < -0.39 is 11.9 Å². The van der Waals surface area contributed by atoms with Gasteiger partial charge in [0.25, 0.3) is 0 Å². The van der Waals surface area contributed by atoms with Gasteiger partial charge in [-0.3, -0.25) is 9.59 Å². The third kappa shape index (κ3) is 3.09. The molecule has 0 saturated carbocycles. The maximum atomic E-state index is 12.6. The number of piperidine rings is 1. The van der Waals surface area contributed by atoms with Gasteiger partial charge in [0, 0.05) is 36.7 Å². The van der Waals surface area contributed by atoms with Crippen LogP contribution in [0.5, 0.6) is 0 Å². The predicted molar refractivity (Wildman–Crippen MR) is 88.3 cm³/mol. The number of amides is 1. The molecule has 5 nitrogen and oxygen atoms in total. The van der Waals surface area contributed by atoms with Crippen molar-refractivity contribution >= 4 is 22.8 Å². The molecule has 2 heterocycles. The van der Waals surface area contributed by atoms with Crippen LogP contribution in [-0.2, 0) is 22.6 Å². The van der Waals surface area contributed by atoms with Gasteiger partial charge in [0.1, 0.15) is 0 Å². The maximum absolute atomic E-state index is 12.6. The number of aryl methyl sites for hydroxylation is 1. The van der Waals surface area contributed by atoms with Crippen molar-refractivity contribution in [3.8, 4) is 0 Å². The van der Waals surface area contributed by atoms with Gasteiger partial charge in [-0.05, 0) is 31.4 Å². The van der Waals surface area contributed by atoms with Gasteiger partial charge in [-0.15, -0.1) is 0 Å². The molecule has 0 aliphatic carbocycles. The van der Waals surface area contributed by atoms with Crippen molar-refractivity contribution in [2.24, 2.45) is 5.92 Å². The Morgan fingerprint density at radius 1 is 1.30 bits per heavy atom. The van der Waals surface area contributed by atoms with Crippen LogP contribution in [0.15, 0.2) is 30.5 Å². The van der Waals surface area contributed by atoms with Crippen LogP contribution in [0, 0.1) is 5.92 Å². The fourth-order valence-corrected chi connectivity index (χ4v) is 3.41. The highest BCUT2D eigenvalue weighted by atomic mass is 16.4. The number of carbonyl (C=O) groups is 2. The van der Waals surface area contributed by atoms with Gasteiger partial charge in [0.2, 0.25) is 5.91 Å². The second-order valence-electron chi connectivity index (χ2n) is 6.15. The summed E-state index contributed by atoms with van der Waals surface area (Å²) in [7, 11) is 0. The standard InChI is InChI=1S/C18H22N2O3/c1-2-19-12-14(15-7-3-4-8-16(15)19)10-17(21)20-9-5-6-13(11-20)18(22)23/h3-4,7-8,12-13H,2,5-6,9-11H2,1H3,(H,22,23). The Hall–Kier alpha value is -2.30. The molecule has 1 unspecified atom stereocenters. The number of carboxylic acid groups (broad SMARTS) is 1. The van der Waals surface area contributed by atoms with Gasteiger partial charge in [0.05, 0.1) is 12.3 Å². The molecule has 3 rings (SSSR count). The number of hydrogen-bond acceptors (Lipinski definition) is 2. The van der Waals surface area contributed by atoms with Crippen molar-refractivity contribution in [2.75, 3.05) is 13.1 Å². The van der Waals surface area contributed by atoms with Crippen molar-refractivity contribution in [1.82, 2.24) is 9.47 Å². The number of carbonyl (C=O) groups excluding carboxylic acids is 1. The lowest BCUT2D eigenvalue weighted by Gasteiger charge is -2.30. The minimum absolute atomic E-state index is 0.0231. The second kappa shape index (κ2) is 6.44. The van der Waals surface area contributed by atoms with Crippen molar-refractivity contribution in [1.29, 1.82) is 0 Å². The molecule has 2 aromatic rings. The Morgan fingerprint density at radius 2 is 2.09 bits per heavy atom. The highest BCUT2D eigenvalue weighted by molar-refractivity contribution is 5.89. The first-order valence-corrected chi connectivity index (χ1v) is 8.17. The first-order chi connectivity index (χ1) is 11.1. The first-order valence-electron chi connectivity index (χ1n) is 8.17. The Kier molecular flexibility index (Phi) is 4.37. The Balaban J connectivity index is 1.79. The molecule has 1 aromatic heterocycles. The highest BCUT2D eigenvalue weighted by Gasteiger charge is 2.28. The summed E-state index contributed by atoms with van der Waals surface area (Å²) >= 11 is 0. The summed E-state index contributed by atoms with van der Waals surface area (Å²) in [4.78, 5) is 25.5. The molecule has 5 heteroatoms. The van der Waals surface area contributed by atoms with Crippen molar-refractivity contribution < 1.29 is 14.7 Å². The molecule has 0 radical (unpaired) electrons. The molecular weight excluding hydrogens is 292 g/mol. The summed E-state index contributed by atoms with van der Waals surface area (Å²) in [6.45, 7) is 3.94. The largest absolute Gasteiger partial charge is 0.481 e. The predicted octanol–water partition coefficient (Wildman–Crippen LogP) is 2.53. The number of hydrogen-bond donors (Lipinski definition) is 1. The number of rotatable bonds is 4. The number of para-hydroxylation sites is 1. The number of aromatic nitrogens is 1. The number of nitrogens with zero attached hydrogens (tertiary/aromatic N) is 2. The Morgan fingerprint density at radius 3 is 2.83 bits per heavy atom. The van der Waals surface area contributed by atoms with Crippen LogP contribution < -0.4 is 0 Å². The minimum Gasteiger partial charge on any atom is -0.481 e. The van der Waals surface area contributed by atoms with E-state index in [1.807, 2.05) is 24.4 Å². The van der Waals surface area contributed by atoms with Crippen molar-refractivity contribution in [3.05, 3.63) is 36.0 Å². The molecule has 1 aliphatic rings. The van der Waals surface area contributed by atoms with Gasteiger partial charge in [-0.25, -0.2) is 0 Å². The molecule has 0 spiro atoms. The Bertz CT molecular complexity index is 735. The third-order valence-electron chi connectivity index (χ3n) is 4.68. The summed E-state index contributed by atoms with van der Waals surface area (Å²) in [6, 6.07) is 8.09. The molecule has 1 atom stereocenters. The van der Waals surface area contributed by atoms with E-state index in [1.165, 1.54) is 0 Å². The fraction of sp³-hybridized carbons (Fsp3) is 0.444. The number of aliphatic carboxylic acids is 1. The lowest BCUT2D eigenvalue weighted by Crippen LogP contribution is -2.42. The molecule has 1 fully saturated rings. The first kappa shape index (κ1) is 15.6. The lowest BCUT2D eigenvalue weighted by molar-refractivity contribution is -0.145. The zero-order valence-corrected chi connectivity index (χ0v) is 13.4. The number of likely N-dealkylation sites (tertiary alicyclic amines) is 1. The maximum Gasteiger partial charge on any atom is 0.308 e. The lowest BCUT2D eigenvalue weighted by atomic mass is 9.97. The van der Waals surface area contributed by atoms with E-state index in [1.54, 1.807) is 4.90 Å². The van der Waals surface area contributed by atoms with E-state index in [-0.39, 0.29) is 5.91 Å². The molecule has 1 saturated heterocycles. The van der Waals surface area contributed by atoms with Crippen LogP contribution >= 0.6 is 0 Å². The number of benzene rings is 1. The molecule has 23 heavy (non-hydrogen) atoms. The van der Waals surface area contributed by atoms with E-state index in [4.69, 9.17) is 5.11 Å². The van der Waals surface area contributed by atoms with Crippen LogP contribution in [0.4, 0.5) is 0 Å². The molecule has 1 N–H and O–H groups in total. The van der Waals surface area contributed by atoms with Crippen LogP contribution in [-0.4, -0.2) is 39.5 Å². The van der Waals surface area contributed by atoms with Crippen molar-refractivity contribution in [2.45, 2.75) is 32.7 Å². The van der Waals surface area contributed by atoms with Crippen LogP contribution in [0.25, 0.3) is 10.9 Å². The topological polar surface area (TPSA) is 62.5 Å². The normalized spacial score (nSPS) is 18.3.